The van der Waals surface area contributed by atoms with Crippen LogP contribution >= 0.6 is 0 Å². The van der Waals surface area contributed by atoms with E-state index in [0.29, 0.717) is 12.4 Å². The van der Waals surface area contributed by atoms with E-state index in [1.165, 1.54) is 12.1 Å². The van der Waals surface area contributed by atoms with E-state index >= 15 is 0 Å². The van der Waals surface area contributed by atoms with Crippen LogP contribution in [0.4, 0.5) is 10.2 Å². The quantitative estimate of drug-likeness (QED) is 0.704. The third-order valence-electron chi connectivity index (χ3n) is 1.77. The van der Waals surface area contributed by atoms with Gasteiger partial charge in [-0.15, -0.1) is 0 Å². The predicted molar refractivity (Wildman–Crippen MR) is 54.1 cm³/mol. The Hall–Kier alpha value is -1.65. The van der Waals surface area contributed by atoms with Crippen molar-refractivity contribution in [3.63, 3.8) is 0 Å². The molecule has 0 aliphatic heterocycles. The first-order chi connectivity index (χ1) is 7.13. The molecule has 1 rings (SSSR count). The SMILES string of the molecule is CCOC(=O)CN(C)c1ccc(F)cn1. The van der Waals surface area contributed by atoms with Crippen molar-refractivity contribution in [1.82, 2.24) is 4.98 Å². The summed E-state index contributed by atoms with van der Waals surface area (Å²) in [5.41, 5.74) is 0. The van der Waals surface area contributed by atoms with E-state index in [4.69, 9.17) is 4.74 Å². The molecule has 15 heavy (non-hydrogen) atoms. The molecule has 0 aromatic carbocycles. The van der Waals surface area contributed by atoms with Crippen molar-refractivity contribution in [3.05, 3.63) is 24.1 Å². The smallest absolute Gasteiger partial charge is 0.325 e. The van der Waals surface area contributed by atoms with Gasteiger partial charge >= 0.3 is 5.97 Å². The zero-order valence-corrected chi connectivity index (χ0v) is 8.74. The van der Waals surface area contributed by atoms with E-state index in [2.05, 4.69) is 4.98 Å². The van der Waals surface area contributed by atoms with Crippen molar-refractivity contribution < 1.29 is 13.9 Å². The number of aromatic nitrogens is 1. The molecule has 5 heteroatoms. The minimum atomic E-state index is -0.400. The molecule has 0 saturated heterocycles. The summed E-state index contributed by atoms with van der Waals surface area (Å²) < 4.78 is 17.3. The van der Waals surface area contributed by atoms with Crippen molar-refractivity contribution in [1.29, 1.82) is 0 Å². The summed E-state index contributed by atoms with van der Waals surface area (Å²) in [4.78, 5) is 16.6. The summed E-state index contributed by atoms with van der Waals surface area (Å²) in [7, 11) is 1.69. The molecule has 82 valence electrons. The molecule has 0 radical (unpaired) electrons. The average Bonchev–Trinajstić information content (AvgIpc) is 2.18. The molecule has 1 heterocycles. The number of likely N-dealkylation sites (N-methyl/N-ethyl adjacent to an activating group) is 1. The van der Waals surface area contributed by atoms with Crippen LogP contribution in [0.25, 0.3) is 0 Å². The van der Waals surface area contributed by atoms with Crippen LogP contribution in [0.15, 0.2) is 18.3 Å². The molecule has 0 bridgehead atoms. The number of ether oxygens (including phenoxy) is 1. The van der Waals surface area contributed by atoms with Crippen LogP contribution in [0.1, 0.15) is 6.92 Å². The van der Waals surface area contributed by atoms with Gasteiger partial charge in [-0.3, -0.25) is 4.79 Å². The first kappa shape index (κ1) is 11.4. The van der Waals surface area contributed by atoms with E-state index in [1.54, 1.807) is 18.9 Å². The Morgan fingerprint density at radius 3 is 2.87 bits per heavy atom. The lowest BCUT2D eigenvalue weighted by Gasteiger charge is -2.16. The van der Waals surface area contributed by atoms with Gasteiger partial charge in [0.05, 0.1) is 12.8 Å². The van der Waals surface area contributed by atoms with Crippen LogP contribution < -0.4 is 4.90 Å². The van der Waals surface area contributed by atoms with Gasteiger partial charge in [0, 0.05) is 7.05 Å². The Bertz CT molecular complexity index is 327. The number of rotatable bonds is 4. The molecule has 0 aliphatic carbocycles. The number of carbonyl (C=O) groups excluding carboxylic acids is 1. The normalized spacial score (nSPS) is 9.80. The summed E-state index contributed by atoms with van der Waals surface area (Å²) in [6, 6.07) is 2.80. The molecule has 0 unspecified atom stereocenters. The maximum Gasteiger partial charge on any atom is 0.325 e. The highest BCUT2D eigenvalue weighted by molar-refractivity contribution is 5.75. The number of pyridine rings is 1. The fourth-order valence-electron chi connectivity index (χ4n) is 1.08. The molecule has 1 aromatic rings. The summed E-state index contributed by atoms with van der Waals surface area (Å²) in [5, 5.41) is 0. The molecule has 0 saturated carbocycles. The first-order valence-corrected chi connectivity index (χ1v) is 4.61. The third kappa shape index (κ3) is 3.53. The largest absolute Gasteiger partial charge is 0.465 e. The molecule has 0 fully saturated rings. The molecule has 0 amide bonds. The highest BCUT2D eigenvalue weighted by Gasteiger charge is 2.08. The predicted octanol–water partition coefficient (Wildman–Crippen LogP) is 1.22. The van der Waals surface area contributed by atoms with Crippen molar-refractivity contribution in [2.75, 3.05) is 25.1 Å². The number of nitrogens with zero attached hydrogens (tertiary/aromatic N) is 2. The van der Waals surface area contributed by atoms with Gasteiger partial charge in [-0.2, -0.15) is 0 Å². The van der Waals surface area contributed by atoms with Crippen molar-refractivity contribution >= 4 is 11.8 Å². The van der Waals surface area contributed by atoms with Gasteiger partial charge < -0.3 is 9.64 Å². The van der Waals surface area contributed by atoms with E-state index in [9.17, 15) is 9.18 Å². The maximum absolute atomic E-state index is 12.6. The van der Waals surface area contributed by atoms with Gasteiger partial charge in [-0.25, -0.2) is 9.37 Å². The molecular formula is C10H13FN2O2. The number of carbonyl (C=O) groups is 1. The van der Waals surface area contributed by atoms with Gasteiger partial charge in [0.2, 0.25) is 0 Å². The fraction of sp³-hybridized carbons (Fsp3) is 0.400. The lowest BCUT2D eigenvalue weighted by atomic mass is 10.4. The number of anilines is 1. The van der Waals surface area contributed by atoms with Crippen LogP contribution in [0.2, 0.25) is 0 Å². The molecule has 1 aromatic heterocycles. The highest BCUT2D eigenvalue weighted by Crippen LogP contribution is 2.08. The average molecular weight is 212 g/mol. The standard InChI is InChI=1S/C10H13FN2O2/c1-3-15-10(14)7-13(2)9-5-4-8(11)6-12-9/h4-6H,3,7H2,1-2H3. The van der Waals surface area contributed by atoms with E-state index in [0.717, 1.165) is 6.20 Å². The topological polar surface area (TPSA) is 42.4 Å². The molecule has 0 N–H and O–H groups in total. The lowest BCUT2D eigenvalue weighted by Crippen LogP contribution is -2.27. The summed E-state index contributed by atoms with van der Waals surface area (Å²) in [6.07, 6.45) is 1.11. The van der Waals surface area contributed by atoms with E-state index in [1.807, 2.05) is 0 Å². The second kappa shape index (κ2) is 5.29. The van der Waals surface area contributed by atoms with Crippen LogP contribution in [0.5, 0.6) is 0 Å². The van der Waals surface area contributed by atoms with Crippen LogP contribution in [-0.2, 0) is 9.53 Å². The van der Waals surface area contributed by atoms with Gasteiger partial charge in [0.1, 0.15) is 18.2 Å². The maximum atomic E-state index is 12.6. The van der Waals surface area contributed by atoms with Crippen LogP contribution in [0.3, 0.4) is 0 Å². The Balaban J connectivity index is 2.57. The number of hydrogen-bond acceptors (Lipinski definition) is 4. The first-order valence-electron chi connectivity index (χ1n) is 4.61. The Labute approximate surface area is 87.7 Å². The van der Waals surface area contributed by atoms with Gasteiger partial charge in [-0.1, -0.05) is 0 Å². The molecule has 0 atom stereocenters. The van der Waals surface area contributed by atoms with Crippen molar-refractivity contribution in [2.24, 2.45) is 0 Å². The molecular weight excluding hydrogens is 199 g/mol. The minimum Gasteiger partial charge on any atom is -0.465 e. The Morgan fingerprint density at radius 2 is 2.33 bits per heavy atom. The monoisotopic (exact) mass is 212 g/mol. The van der Waals surface area contributed by atoms with Crippen molar-refractivity contribution in [2.45, 2.75) is 6.92 Å². The summed E-state index contributed by atoms with van der Waals surface area (Å²) in [5.74, 6) is -0.195. The highest BCUT2D eigenvalue weighted by atomic mass is 19.1. The van der Waals surface area contributed by atoms with Gasteiger partial charge in [0.15, 0.2) is 0 Å². The van der Waals surface area contributed by atoms with Gasteiger partial charge in [-0.05, 0) is 19.1 Å². The van der Waals surface area contributed by atoms with Crippen LogP contribution in [-0.4, -0.2) is 31.2 Å². The number of hydrogen-bond donors (Lipinski definition) is 0. The van der Waals surface area contributed by atoms with Gasteiger partial charge in [0.25, 0.3) is 0 Å². The molecule has 0 aliphatic rings. The zero-order chi connectivity index (χ0) is 11.3. The Morgan fingerprint density at radius 1 is 1.60 bits per heavy atom. The minimum absolute atomic E-state index is 0.104. The fourth-order valence-corrected chi connectivity index (χ4v) is 1.08. The molecule has 4 nitrogen and oxygen atoms in total. The second-order valence-electron chi connectivity index (χ2n) is 3.00. The summed E-state index contributed by atoms with van der Waals surface area (Å²) in [6.45, 7) is 2.20. The Kier molecular flexibility index (Phi) is 4.03. The zero-order valence-electron chi connectivity index (χ0n) is 8.74. The van der Waals surface area contributed by atoms with E-state index in [-0.39, 0.29) is 12.5 Å². The lowest BCUT2D eigenvalue weighted by molar-refractivity contribution is -0.141. The van der Waals surface area contributed by atoms with Crippen LogP contribution in [0, 0.1) is 5.82 Å². The second-order valence-corrected chi connectivity index (χ2v) is 3.00. The van der Waals surface area contributed by atoms with E-state index < -0.39 is 5.82 Å². The number of halogens is 1. The third-order valence-corrected chi connectivity index (χ3v) is 1.77. The molecule has 0 spiro atoms. The van der Waals surface area contributed by atoms with Crippen molar-refractivity contribution in [3.8, 4) is 0 Å². The summed E-state index contributed by atoms with van der Waals surface area (Å²) >= 11 is 0. The number of esters is 1.